The topological polar surface area (TPSA) is 41.1 Å². The Morgan fingerprint density at radius 1 is 1.27 bits per heavy atom. The van der Waals surface area contributed by atoms with Crippen LogP contribution in [0.4, 0.5) is 4.79 Å². The first-order valence-electron chi connectivity index (χ1n) is 6.30. The Hall–Kier alpha value is -0.730. The van der Waals surface area contributed by atoms with Crippen LogP contribution in [0, 0.1) is 5.92 Å². The van der Waals surface area contributed by atoms with E-state index in [0.29, 0.717) is 12.0 Å². The Kier molecular flexibility index (Phi) is 5.51. The first-order chi connectivity index (χ1) is 7.26. The molecule has 0 aromatic heterocycles. The minimum Gasteiger partial charge on any atom is -0.338 e. The van der Waals surface area contributed by atoms with E-state index < -0.39 is 0 Å². The van der Waals surface area contributed by atoms with E-state index in [1.165, 1.54) is 12.8 Å². The molecule has 0 radical (unpaired) electrons. The van der Waals surface area contributed by atoms with Gasteiger partial charge in [-0.1, -0.05) is 39.5 Å². The molecule has 1 rings (SSSR count). The second-order valence-corrected chi connectivity index (χ2v) is 4.52. The van der Waals surface area contributed by atoms with Crippen LogP contribution >= 0.6 is 0 Å². The first kappa shape index (κ1) is 12.3. The van der Waals surface area contributed by atoms with E-state index in [9.17, 15) is 4.79 Å². The third-order valence-electron chi connectivity index (χ3n) is 3.40. The van der Waals surface area contributed by atoms with E-state index in [0.717, 1.165) is 32.2 Å². The Morgan fingerprint density at radius 2 is 1.87 bits per heavy atom. The van der Waals surface area contributed by atoms with Crippen LogP contribution in [0.3, 0.4) is 0 Å². The highest BCUT2D eigenvalue weighted by Gasteiger charge is 2.16. The first-order valence-corrected chi connectivity index (χ1v) is 6.30. The van der Waals surface area contributed by atoms with Crippen molar-refractivity contribution in [2.45, 2.75) is 58.4 Å². The molecule has 0 spiro atoms. The molecular formula is C12H24N2O. The molecule has 0 atom stereocenters. The molecule has 1 saturated carbocycles. The quantitative estimate of drug-likeness (QED) is 0.722. The lowest BCUT2D eigenvalue weighted by Crippen LogP contribution is -2.42. The molecular weight excluding hydrogens is 188 g/mol. The molecule has 15 heavy (non-hydrogen) atoms. The van der Waals surface area contributed by atoms with Gasteiger partial charge in [0.15, 0.2) is 0 Å². The normalized spacial score (nSPS) is 17.0. The van der Waals surface area contributed by atoms with Crippen LogP contribution in [0.1, 0.15) is 52.4 Å². The Labute approximate surface area is 93.0 Å². The number of nitrogens with one attached hydrogen (secondary N) is 2. The zero-order valence-electron chi connectivity index (χ0n) is 10.0. The molecule has 88 valence electrons. The molecule has 0 aliphatic heterocycles. The van der Waals surface area contributed by atoms with Crippen molar-refractivity contribution in [3.05, 3.63) is 0 Å². The molecule has 2 N–H and O–H groups in total. The average molecular weight is 212 g/mol. The van der Waals surface area contributed by atoms with E-state index >= 15 is 0 Å². The third-order valence-corrected chi connectivity index (χ3v) is 3.40. The summed E-state index contributed by atoms with van der Waals surface area (Å²) in [5, 5.41) is 5.99. The number of amides is 2. The summed E-state index contributed by atoms with van der Waals surface area (Å²) < 4.78 is 0. The lowest BCUT2D eigenvalue weighted by Gasteiger charge is -2.16. The van der Waals surface area contributed by atoms with E-state index in [1.54, 1.807) is 0 Å². The molecule has 1 fully saturated rings. The summed E-state index contributed by atoms with van der Waals surface area (Å²) in [6, 6.07) is 0.445. The molecule has 0 unspecified atom stereocenters. The average Bonchev–Trinajstić information content (AvgIpc) is 2.72. The smallest absolute Gasteiger partial charge is 0.315 e. The monoisotopic (exact) mass is 212 g/mol. The predicted molar refractivity (Wildman–Crippen MR) is 62.9 cm³/mol. The van der Waals surface area contributed by atoms with Crippen LogP contribution in [0.25, 0.3) is 0 Å². The number of carbonyl (C=O) groups is 1. The molecule has 3 heteroatoms. The fourth-order valence-electron chi connectivity index (χ4n) is 2.12. The molecule has 1 aliphatic carbocycles. The molecule has 0 aromatic rings. The highest BCUT2D eigenvalue weighted by atomic mass is 16.2. The van der Waals surface area contributed by atoms with Crippen molar-refractivity contribution in [3.63, 3.8) is 0 Å². The fraction of sp³-hybridized carbons (Fsp3) is 0.917. The second kappa shape index (κ2) is 6.70. The Bertz CT molecular complexity index is 184. The number of hydrogen-bond acceptors (Lipinski definition) is 1. The second-order valence-electron chi connectivity index (χ2n) is 4.52. The van der Waals surface area contributed by atoms with Crippen LogP contribution in [-0.2, 0) is 0 Å². The maximum absolute atomic E-state index is 11.5. The fourth-order valence-corrected chi connectivity index (χ4v) is 2.12. The maximum Gasteiger partial charge on any atom is 0.315 e. The van der Waals surface area contributed by atoms with Gasteiger partial charge in [0.1, 0.15) is 0 Å². The Balaban J connectivity index is 2.12. The van der Waals surface area contributed by atoms with Crippen molar-refractivity contribution in [3.8, 4) is 0 Å². The van der Waals surface area contributed by atoms with E-state index in [-0.39, 0.29) is 6.03 Å². The summed E-state index contributed by atoms with van der Waals surface area (Å²) in [5.74, 6) is 0.624. The predicted octanol–water partition coefficient (Wildman–Crippen LogP) is 2.66. The third kappa shape index (κ3) is 4.54. The van der Waals surface area contributed by atoms with E-state index in [4.69, 9.17) is 0 Å². The summed E-state index contributed by atoms with van der Waals surface area (Å²) in [7, 11) is 0. The number of carbonyl (C=O) groups excluding carboxylic acids is 1. The van der Waals surface area contributed by atoms with Crippen molar-refractivity contribution < 1.29 is 4.79 Å². The molecule has 3 nitrogen and oxygen atoms in total. The van der Waals surface area contributed by atoms with Gasteiger partial charge < -0.3 is 10.6 Å². The van der Waals surface area contributed by atoms with Gasteiger partial charge in [0.05, 0.1) is 0 Å². The van der Waals surface area contributed by atoms with Gasteiger partial charge in [-0.25, -0.2) is 4.79 Å². The van der Waals surface area contributed by atoms with Gasteiger partial charge in [-0.15, -0.1) is 0 Å². The maximum atomic E-state index is 11.5. The van der Waals surface area contributed by atoms with Crippen LogP contribution in [0.15, 0.2) is 0 Å². The molecule has 0 heterocycles. The minimum atomic E-state index is 0.0220. The number of rotatable bonds is 5. The van der Waals surface area contributed by atoms with Crippen molar-refractivity contribution >= 4 is 6.03 Å². The van der Waals surface area contributed by atoms with Gasteiger partial charge in [-0.05, 0) is 18.8 Å². The summed E-state index contributed by atoms with van der Waals surface area (Å²) in [6.45, 7) is 5.15. The minimum absolute atomic E-state index is 0.0220. The molecule has 0 bridgehead atoms. The van der Waals surface area contributed by atoms with Gasteiger partial charge >= 0.3 is 6.03 Å². The zero-order valence-corrected chi connectivity index (χ0v) is 10.0. The van der Waals surface area contributed by atoms with Gasteiger partial charge in [-0.3, -0.25) is 0 Å². The van der Waals surface area contributed by atoms with Crippen molar-refractivity contribution in [1.29, 1.82) is 0 Å². The molecule has 0 saturated heterocycles. The SMILES string of the molecule is CCC(CC)CNC(=O)NC1CCCC1. The molecule has 1 aliphatic rings. The summed E-state index contributed by atoms with van der Waals surface area (Å²) >= 11 is 0. The molecule has 0 aromatic carbocycles. The summed E-state index contributed by atoms with van der Waals surface area (Å²) in [6.07, 6.45) is 7.10. The summed E-state index contributed by atoms with van der Waals surface area (Å²) in [4.78, 5) is 11.5. The largest absolute Gasteiger partial charge is 0.338 e. The van der Waals surface area contributed by atoms with Crippen LogP contribution < -0.4 is 10.6 Å². The molecule has 2 amide bonds. The van der Waals surface area contributed by atoms with Crippen LogP contribution in [-0.4, -0.2) is 18.6 Å². The van der Waals surface area contributed by atoms with Gasteiger partial charge in [0, 0.05) is 12.6 Å². The Morgan fingerprint density at radius 3 is 2.40 bits per heavy atom. The number of urea groups is 1. The van der Waals surface area contributed by atoms with Gasteiger partial charge in [-0.2, -0.15) is 0 Å². The highest BCUT2D eigenvalue weighted by Crippen LogP contribution is 2.17. The van der Waals surface area contributed by atoms with E-state index in [1.807, 2.05) is 0 Å². The lowest BCUT2D eigenvalue weighted by atomic mass is 10.0. The van der Waals surface area contributed by atoms with Crippen LogP contribution in [0.2, 0.25) is 0 Å². The lowest BCUT2D eigenvalue weighted by molar-refractivity contribution is 0.234. The van der Waals surface area contributed by atoms with Crippen molar-refractivity contribution in [2.75, 3.05) is 6.54 Å². The van der Waals surface area contributed by atoms with Crippen molar-refractivity contribution in [2.24, 2.45) is 5.92 Å². The standard InChI is InChI=1S/C12H24N2O/c1-3-10(4-2)9-13-12(15)14-11-7-5-6-8-11/h10-11H,3-9H2,1-2H3,(H2,13,14,15). The highest BCUT2D eigenvalue weighted by molar-refractivity contribution is 5.74. The van der Waals surface area contributed by atoms with Gasteiger partial charge in [0.2, 0.25) is 0 Å². The van der Waals surface area contributed by atoms with Gasteiger partial charge in [0.25, 0.3) is 0 Å². The van der Waals surface area contributed by atoms with Crippen LogP contribution in [0.5, 0.6) is 0 Å². The van der Waals surface area contributed by atoms with Crippen molar-refractivity contribution in [1.82, 2.24) is 10.6 Å². The van der Waals surface area contributed by atoms with E-state index in [2.05, 4.69) is 24.5 Å². The number of hydrogen-bond donors (Lipinski definition) is 2. The zero-order chi connectivity index (χ0) is 11.1. The summed E-state index contributed by atoms with van der Waals surface area (Å²) in [5.41, 5.74) is 0.